The Bertz CT molecular complexity index is 841. The Kier molecular flexibility index (Phi) is 4.99. The quantitative estimate of drug-likeness (QED) is 0.899. The third-order valence-corrected chi connectivity index (χ3v) is 4.24. The van der Waals surface area contributed by atoms with E-state index in [9.17, 15) is 26.4 Å². The van der Waals surface area contributed by atoms with E-state index >= 15 is 0 Å². The molecule has 122 valence electrons. The third kappa shape index (κ3) is 4.52. The molecule has 0 unspecified atom stereocenters. The van der Waals surface area contributed by atoms with Crippen molar-refractivity contribution in [3.05, 3.63) is 59.7 Å². The first-order valence-electron chi connectivity index (χ1n) is 6.38. The monoisotopic (exact) mass is 344 g/mol. The van der Waals surface area contributed by atoms with Gasteiger partial charge in [-0.15, -0.1) is 0 Å². The first kappa shape index (κ1) is 16.9. The van der Waals surface area contributed by atoms with Crippen LogP contribution in [0.1, 0.15) is 12.0 Å². The lowest BCUT2D eigenvalue weighted by Gasteiger charge is -2.08. The molecule has 1 aromatic heterocycles. The fourth-order valence-electron chi connectivity index (χ4n) is 1.80. The summed E-state index contributed by atoms with van der Waals surface area (Å²) in [5, 5.41) is 0. The second-order valence-electron chi connectivity index (χ2n) is 4.61. The van der Waals surface area contributed by atoms with Crippen molar-refractivity contribution in [2.75, 3.05) is 0 Å². The number of aromatic nitrogens is 1. The minimum absolute atomic E-state index is 0.0536. The summed E-state index contributed by atoms with van der Waals surface area (Å²) in [6, 6.07) is 3.04. The molecule has 0 spiro atoms. The van der Waals surface area contributed by atoms with E-state index in [1.165, 1.54) is 6.20 Å². The molecule has 1 heterocycles. The molecule has 23 heavy (non-hydrogen) atoms. The van der Waals surface area contributed by atoms with Crippen LogP contribution in [-0.2, 0) is 21.2 Å². The van der Waals surface area contributed by atoms with Gasteiger partial charge in [-0.25, -0.2) is 26.3 Å². The summed E-state index contributed by atoms with van der Waals surface area (Å²) in [5.74, 6) is -3.73. The highest BCUT2D eigenvalue weighted by atomic mass is 32.2. The molecule has 1 N–H and O–H groups in total. The van der Waals surface area contributed by atoms with Gasteiger partial charge in [-0.2, -0.15) is 0 Å². The lowest BCUT2D eigenvalue weighted by Crippen LogP contribution is -2.31. The summed E-state index contributed by atoms with van der Waals surface area (Å²) in [7, 11) is -4.45. The normalized spacial score (nSPS) is 11.3. The first-order chi connectivity index (χ1) is 10.8. The van der Waals surface area contributed by atoms with Gasteiger partial charge in [-0.3, -0.25) is 9.78 Å². The zero-order valence-electron chi connectivity index (χ0n) is 11.6. The van der Waals surface area contributed by atoms with Crippen molar-refractivity contribution >= 4 is 15.9 Å². The topological polar surface area (TPSA) is 76.1 Å². The molecule has 0 aliphatic heterocycles. The summed E-state index contributed by atoms with van der Waals surface area (Å²) >= 11 is 0. The molecule has 9 heteroatoms. The van der Waals surface area contributed by atoms with Gasteiger partial charge >= 0.3 is 0 Å². The number of benzene rings is 1. The van der Waals surface area contributed by atoms with E-state index in [1.54, 1.807) is 4.72 Å². The van der Waals surface area contributed by atoms with Crippen molar-refractivity contribution in [3.8, 4) is 0 Å². The first-order valence-corrected chi connectivity index (χ1v) is 7.86. The van der Waals surface area contributed by atoms with Crippen LogP contribution in [-0.4, -0.2) is 19.3 Å². The van der Waals surface area contributed by atoms with Gasteiger partial charge < -0.3 is 0 Å². The van der Waals surface area contributed by atoms with Crippen LogP contribution in [0, 0.1) is 17.5 Å². The molecule has 0 radical (unpaired) electrons. The minimum Gasteiger partial charge on any atom is -0.274 e. The number of nitrogens with zero attached hydrogens (tertiary/aromatic N) is 1. The molecular weight excluding hydrogens is 333 g/mol. The molecule has 1 aromatic carbocycles. The molecule has 1 amide bonds. The fourth-order valence-corrected chi connectivity index (χ4v) is 2.87. The number of carbonyl (C=O) groups excluding carboxylic acids is 1. The molecule has 0 aliphatic rings. The van der Waals surface area contributed by atoms with Crippen LogP contribution < -0.4 is 4.72 Å². The number of amides is 1. The maximum atomic E-state index is 13.5. The lowest BCUT2D eigenvalue weighted by atomic mass is 10.1. The largest absolute Gasteiger partial charge is 0.274 e. The van der Waals surface area contributed by atoms with Crippen LogP contribution in [0.25, 0.3) is 0 Å². The van der Waals surface area contributed by atoms with Crippen molar-refractivity contribution in [1.82, 2.24) is 9.71 Å². The number of hydrogen-bond acceptors (Lipinski definition) is 4. The Morgan fingerprint density at radius 3 is 2.48 bits per heavy atom. The van der Waals surface area contributed by atoms with Gasteiger partial charge in [0.2, 0.25) is 5.91 Å². The highest BCUT2D eigenvalue weighted by Crippen LogP contribution is 2.15. The van der Waals surface area contributed by atoms with Crippen molar-refractivity contribution in [2.24, 2.45) is 0 Å². The van der Waals surface area contributed by atoms with Crippen molar-refractivity contribution < 1.29 is 26.4 Å². The summed E-state index contributed by atoms with van der Waals surface area (Å²) < 4.78 is 64.6. The van der Waals surface area contributed by atoms with Gasteiger partial charge in [0.05, 0.1) is 6.20 Å². The van der Waals surface area contributed by atoms with Crippen LogP contribution in [0.15, 0.2) is 41.6 Å². The molecular formula is C14H11F3N2O3S. The molecule has 5 nitrogen and oxygen atoms in total. The van der Waals surface area contributed by atoms with Gasteiger partial charge in [-0.05, 0) is 30.2 Å². The fraction of sp³-hybridized carbons (Fsp3) is 0.143. The molecule has 0 aliphatic carbocycles. The predicted octanol–water partition coefficient (Wildman–Crippen LogP) is 1.94. The molecule has 0 saturated heterocycles. The molecule has 0 bridgehead atoms. The highest BCUT2D eigenvalue weighted by molar-refractivity contribution is 7.90. The summed E-state index contributed by atoms with van der Waals surface area (Å²) in [6.07, 6.45) is 2.11. The van der Waals surface area contributed by atoms with Gasteiger partial charge in [0.15, 0.2) is 0 Å². The number of aryl methyl sites for hydroxylation is 1. The number of hydrogen-bond donors (Lipinski definition) is 1. The zero-order chi connectivity index (χ0) is 17.0. The van der Waals surface area contributed by atoms with E-state index in [0.717, 1.165) is 24.4 Å². The smallest absolute Gasteiger partial charge is 0.266 e. The zero-order valence-corrected chi connectivity index (χ0v) is 12.4. The van der Waals surface area contributed by atoms with E-state index in [-0.39, 0.29) is 12.8 Å². The second-order valence-corrected chi connectivity index (χ2v) is 6.27. The maximum absolute atomic E-state index is 13.5. The number of halogens is 3. The Morgan fingerprint density at radius 1 is 1.09 bits per heavy atom. The SMILES string of the molecule is O=C(CCc1cncc(F)c1)NS(=O)(=O)c1ccc(F)cc1F. The highest BCUT2D eigenvalue weighted by Gasteiger charge is 2.22. The number of nitrogens with one attached hydrogen (secondary N) is 1. The van der Waals surface area contributed by atoms with Crippen LogP contribution >= 0.6 is 0 Å². The summed E-state index contributed by atoms with van der Waals surface area (Å²) in [6.45, 7) is 0. The minimum atomic E-state index is -4.45. The van der Waals surface area contributed by atoms with Crippen LogP contribution in [0.5, 0.6) is 0 Å². The molecule has 2 aromatic rings. The van der Waals surface area contributed by atoms with Crippen LogP contribution in [0.3, 0.4) is 0 Å². The van der Waals surface area contributed by atoms with E-state index in [1.807, 2.05) is 0 Å². The number of carbonyl (C=O) groups is 1. The number of sulfonamides is 1. The van der Waals surface area contributed by atoms with Gasteiger partial charge in [0.25, 0.3) is 10.0 Å². The van der Waals surface area contributed by atoms with Crippen molar-refractivity contribution in [1.29, 1.82) is 0 Å². The van der Waals surface area contributed by atoms with Gasteiger partial charge in [-0.1, -0.05) is 0 Å². The number of rotatable bonds is 5. The average Bonchev–Trinajstić information content (AvgIpc) is 2.44. The molecule has 0 fully saturated rings. The summed E-state index contributed by atoms with van der Waals surface area (Å²) in [5.41, 5.74) is 0.408. The lowest BCUT2D eigenvalue weighted by molar-refractivity contribution is -0.119. The Morgan fingerprint density at radius 2 is 1.83 bits per heavy atom. The second kappa shape index (κ2) is 6.78. The van der Waals surface area contributed by atoms with E-state index in [2.05, 4.69) is 4.98 Å². The summed E-state index contributed by atoms with van der Waals surface area (Å²) in [4.78, 5) is 14.4. The van der Waals surface area contributed by atoms with Crippen molar-refractivity contribution in [2.45, 2.75) is 17.7 Å². The number of pyridine rings is 1. The average molecular weight is 344 g/mol. The molecule has 0 saturated carbocycles. The molecule has 0 atom stereocenters. The van der Waals surface area contributed by atoms with E-state index < -0.39 is 38.3 Å². The third-order valence-electron chi connectivity index (χ3n) is 2.83. The van der Waals surface area contributed by atoms with Crippen LogP contribution in [0.2, 0.25) is 0 Å². The van der Waals surface area contributed by atoms with Crippen LogP contribution in [0.4, 0.5) is 13.2 Å². The van der Waals surface area contributed by atoms with Crippen molar-refractivity contribution in [3.63, 3.8) is 0 Å². The Balaban J connectivity index is 2.04. The Hall–Kier alpha value is -2.42. The van der Waals surface area contributed by atoms with Gasteiger partial charge in [0, 0.05) is 18.7 Å². The standard InChI is InChI=1S/C14H11F3N2O3S/c15-10-2-3-13(12(17)6-10)23(21,22)19-14(20)4-1-9-5-11(16)8-18-7-9/h2-3,5-8H,1,4H2,(H,19,20). The molecule has 2 rings (SSSR count). The maximum Gasteiger partial charge on any atom is 0.266 e. The Labute approximate surface area is 130 Å². The van der Waals surface area contributed by atoms with Gasteiger partial charge in [0.1, 0.15) is 22.3 Å². The predicted molar refractivity (Wildman–Crippen MR) is 74.2 cm³/mol. The van der Waals surface area contributed by atoms with E-state index in [0.29, 0.717) is 11.6 Å². The van der Waals surface area contributed by atoms with E-state index in [4.69, 9.17) is 0 Å².